The van der Waals surface area contributed by atoms with Gasteiger partial charge >= 0.3 is 0 Å². The fourth-order valence-corrected chi connectivity index (χ4v) is 6.36. The molecule has 1 heteroatoms. The highest BCUT2D eigenvalue weighted by atomic mass is 15.1. The molecule has 0 heterocycles. The van der Waals surface area contributed by atoms with Gasteiger partial charge in [-0.15, -0.1) is 0 Å². The molecule has 0 atom stereocenters. The summed E-state index contributed by atoms with van der Waals surface area (Å²) in [6.07, 6.45) is 0. The Kier molecular flexibility index (Phi) is 6.20. The van der Waals surface area contributed by atoms with E-state index in [1.54, 1.807) is 0 Å². The summed E-state index contributed by atoms with van der Waals surface area (Å²) < 4.78 is 0. The highest BCUT2D eigenvalue weighted by molar-refractivity contribution is 6.09. The first-order chi connectivity index (χ1) is 21.3. The van der Waals surface area contributed by atoms with Gasteiger partial charge < -0.3 is 4.90 Å². The average molecular weight is 548 g/mol. The van der Waals surface area contributed by atoms with E-state index in [1.807, 2.05) is 0 Å². The van der Waals surface area contributed by atoms with E-state index in [-0.39, 0.29) is 0 Å². The van der Waals surface area contributed by atoms with Crippen LogP contribution in [-0.2, 0) is 0 Å². The van der Waals surface area contributed by atoms with Gasteiger partial charge in [0.05, 0.1) is 11.4 Å². The SMILES string of the molecule is c1ccc(-c2cccc(N(c3ccc4ccccc4c3-c3ccc4ccccc4c3)c3cccc4ccccc34)c2)cc1. The summed E-state index contributed by atoms with van der Waals surface area (Å²) in [5, 5.41) is 7.38. The van der Waals surface area contributed by atoms with E-state index in [0.29, 0.717) is 0 Å². The van der Waals surface area contributed by atoms with Crippen LogP contribution in [0, 0.1) is 0 Å². The van der Waals surface area contributed by atoms with Crippen LogP contribution in [0.4, 0.5) is 17.1 Å². The summed E-state index contributed by atoms with van der Waals surface area (Å²) in [7, 11) is 0. The maximum Gasteiger partial charge on any atom is 0.0546 e. The van der Waals surface area contributed by atoms with Gasteiger partial charge in [0.2, 0.25) is 0 Å². The lowest BCUT2D eigenvalue weighted by Gasteiger charge is -2.30. The fraction of sp³-hybridized carbons (Fsp3) is 0. The van der Waals surface area contributed by atoms with Gasteiger partial charge in [0, 0.05) is 16.6 Å². The Morgan fingerprint density at radius 2 is 0.907 bits per heavy atom. The van der Waals surface area contributed by atoms with E-state index in [9.17, 15) is 0 Å². The van der Waals surface area contributed by atoms with Crippen molar-refractivity contribution >= 4 is 49.4 Å². The van der Waals surface area contributed by atoms with Crippen molar-refractivity contribution in [1.29, 1.82) is 0 Å². The van der Waals surface area contributed by atoms with Gasteiger partial charge in [-0.1, -0.05) is 146 Å². The van der Waals surface area contributed by atoms with E-state index in [2.05, 4.69) is 181 Å². The van der Waals surface area contributed by atoms with Crippen LogP contribution in [-0.4, -0.2) is 0 Å². The zero-order chi connectivity index (χ0) is 28.6. The van der Waals surface area contributed by atoms with E-state index in [4.69, 9.17) is 0 Å². The summed E-state index contributed by atoms with van der Waals surface area (Å²) in [6, 6.07) is 63.6. The van der Waals surface area contributed by atoms with Crippen molar-refractivity contribution in [2.75, 3.05) is 4.90 Å². The lowest BCUT2D eigenvalue weighted by molar-refractivity contribution is 1.30. The molecule has 8 rings (SSSR count). The van der Waals surface area contributed by atoms with Crippen LogP contribution in [0.15, 0.2) is 176 Å². The smallest absolute Gasteiger partial charge is 0.0546 e. The minimum absolute atomic E-state index is 1.12. The first kappa shape index (κ1) is 25.1. The van der Waals surface area contributed by atoms with Crippen LogP contribution in [0.3, 0.4) is 0 Å². The third-order valence-electron chi connectivity index (χ3n) is 8.41. The highest BCUT2D eigenvalue weighted by Gasteiger charge is 2.21. The van der Waals surface area contributed by atoms with E-state index in [1.165, 1.54) is 54.6 Å². The lowest BCUT2D eigenvalue weighted by Crippen LogP contribution is -2.12. The van der Waals surface area contributed by atoms with Gasteiger partial charge in [0.15, 0.2) is 0 Å². The normalized spacial score (nSPS) is 11.3. The lowest BCUT2D eigenvalue weighted by atomic mass is 9.93. The van der Waals surface area contributed by atoms with E-state index in [0.717, 1.165) is 17.1 Å². The van der Waals surface area contributed by atoms with Gasteiger partial charge in [-0.2, -0.15) is 0 Å². The molecular weight excluding hydrogens is 518 g/mol. The molecule has 0 aliphatic carbocycles. The van der Waals surface area contributed by atoms with Crippen LogP contribution in [0.5, 0.6) is 0 Å². The molecule has 8 aromatic carbocycles. The molecule has 0 bridgehead atoms. The summed E-state index contributed by atoms with van der Waals surface area (Å²) in [5.74, 6) is 0. The third-order valence-corrected chi connectivity index (χ3v) is 8.41. The molecule has 1 nitrogen and oxygen atoms in total. The molecule has 43 heavy (non-hydrogen) atoms. The number of benzene rings is 8. The molecule has 0 aliphatic rings. The number of fused-ring (bicyclic) bond motifs is 3. The predicted octanol–water partition coefficient (Wildman–Crippen LogP) is 11.9. The van der Waals surface area contributed by atoms with Crippen molar-refractivity contribution in [3.63, 3.8) is 0 Å². The summed E-state index contributed by atoms with van der Waals surface area (Å²) in [4.78, 5) is 2.45. The molecule has 0 N–H and O–H groups in total. The summed E-state index contributed by atoms with van der Waals surface area (Å²) in [6.45, 7) is 0. The summed E-state index contributed by atoms with van der Waals surface area (Å²) >= 11 is 0. The maximum atomic E-state index is 2.45. The fourth-order valence-electron chi connectivity index (χ4n) is 6.36. The minimum Gasteiger partial charge on any atom is -0.309 e. The summed E-state index contributed by atoms with van der Waals surface area (Å²) in [5.41, 5.74) is 8.25. The molecule has 0 fully saturated rings. The second kappa shape index (κ2) is 10.6. The molecule has 0 saturated heterocycles. The first-order valence-corrected chi connectivity index (χ1v) is 14.8. The predicted molar refractivity (Wildman–Crippen MR) is 185 cm³/mol. The first-order valence-electron chi connectivity index (χ1n) is 14.8. The van der Waals surface area contributed by atoms with Crippen LogP contribution >= 0.6 is 0 Å². The average Bonchev–Trinajstić information content (AvgIpc) is 3.09. The molecule has 0 spiro atoms. The van der Waals surface area contributed by atoms with Gasteiger partial charge in [-0.05, 0) is 74.0 Å². The molecule has 0 amide bonds. The topological polar surface area (TPSA) is 3.24 Å². The molecule has 0 saturated carbocycles. The van der Waals surface area contributed by atoms with E-state index >= 15 is 0 Å². The number of nitrogens with zero attached hydrogens (tertiary/aromatic N) is 1. The Morgan fingerprint density at radius 3 is 1.74 bits per heavy atom. The standard InChI is InChI=1S/C42H29N/c1-2-12-30(13-3-1)35-19-10-20-37(29-35)43(40-23-11-18-32-15-6-8-21-38(32)40)41-27-26-33-16-7-9-22-39(33)42(41)36-25-24-31-14-4-5-17-34(31)28-36/h1-29H. The van der Waals surface area contributed by atoms with Crippen LogP contribution in [0.2, 0.25) is 0 Å². The zero-order valence-electron chi connectivity index (χ0n) is 23.7. The van der Waals surface area contributed by atoms with Crippen molar-refractivity contribution in [3.05, 3.63) is 176 Å². The zero-order valence-corrected chi connectivity index (χ0v) is 23.7. The highest BCUT2D eigenvalue weighted by Crippen LogP contribution is 2.47. The second-order valence-electron chi connectivity index (χ2n) is 11.0. The van der Waals surface area contributed by atoms with Gasteiger partial charge in [0.1, 0.15) is 0 Å². The van der Waals surface area contributed by atoms with Crippen LogP contribution in [0.25, 0.3) is 54.6 Å². The van der Waals surface area contributed by atoms with Crippen molar-refractivity contribution in [3.8, 4) is 22.3 Å². The molecule has 0 radical (unpaired) electrons. The van der Waals surface area contributed by atoms with Crippen molar-refractivity contribution in [1.82, 2.24) is 0 Å². The molecule has 8 aromatic rings. The number of hydrogen-bond acceptors (Lipinski definition) is 1. The Morgan fingerprint density at radius 1 is 0.302 bits per heavy atom. The molecule has 0 aromatic heterocycles. The molecular formula is C42H29N. The minimum atomic E-state index is 1.12. The van der Waals surface area contributed by atoms with Crippen molar-refractivity contribution in [2.45, 2.75) is 0 Å². The van der Waals surface area contributed by atoms with Gasteiger partial charge in [-0.25, -0.2) is 0 Å². The Labute approximate surface area is 251 Å². The number of rotatable bonds is 5. The quantitative estimate of drug-likeness (QED) is 0.207. The monoisotopic (exact) mass is 547 g/mol. The Hall–Kier alpha value is -5.66. The van der Waals surface area contributed by atoms with Crippen molar-refractivity contribution in [2.24, 2.45) is 0 Å². The third kappa shape index (κ3) is 4.52. The van der Waals surface area contributed by atoms with Gasteiger partial charge in [0.25, 0.3) is 0 Å². The van der Waals surface area contributed by atoms with Crippen molar-refractivity contribution < 1.29 is 0 Å². The maximum absolute atomic E-state index is 2.45. The largest absolute Gasteiger partial charge is 0.309 e. The molecule has 202 valence electrons. The van der Waals surface area contributed by atoms with Gasteiger partial charge in [-0.3, -0.25) is 0 Å². The number of anilines is 3. The Balaban J connectivity index is 1.45. The van der Waals surface area contributed by atoms with Crippen LogP contribution in [0.1, 0.15) is 0 Å². The van der Waals surface area contributed by atoms with Crippen LogP contribution < -0.4 is 4.90 Å². The number of hydrogen-bond donors (Lipinski definition) is 0. The van der Waals surface area contributed by atoms with E-state index < -0.39 is 0 Å². The molecule has 0 aliphatic heterocycles. The molecule has 0 unspecified atom stereocenters. The second-order valence-corrected chi connectivity index (χ2v) is 11.0. The Bertz CT molecular complexity index is 2240.